The van der Waals surface area contributed by atoms with Gasteiger partial charge in [-0.05, 0) is 35.5 Å². The van der Waals surface area contributed by atoms with Crippen LogP contribution in [0.4, 0.5) is 0 Å². The van der Waals surface area contributed by atoms with Gasteiger partial charge < -0.3 is 0 Å². The average Bonchev–Trinajstić information content (AvgIpc) is 2.43. The molecule has 2 rings (SSSR count). The van der Waals surface area contributed by atoms with Gasteiger partial charge in [0.25, 0.3) is 0 Å². The van der Waals surface area contributed by atoms with E-state index < -0.39 is 0 Å². The van der Waals surface area contributed by atoms with Crippen molar-refractivity contribution in [1.82, 2.24) is 0 Å². The van der Waals surface area contributed by atoms with Crippen LogP contribution in [0.5, 0.6) is 0 Å². The molecule has 0 N–H and O–H groups in total. The van der Waals surface area contributed by atoms with Gasteiger partial charge in [0.2, 0.25) is 0 Å². The molecule has 2 saturated carbocycles. The van der Waals surface area contributed by atoms with E-state index in [9.17, 15) is 0 Å². The second-order valence-corrected chi connectivity index (χ2v) is 6.78. The van der Waals surface area contributed by atoms with Gasteiger partial charge in [-0.3, -0.25) is 0 Å². The summed E-state index contributed by atoms with van der Waals surface area (Å²) in [6, 6.07) is 0. The van der Waals surface area contributed by atoms with Gasteiger partial charge in [0.1, 0.15) is 0 Å². The van der Waals surface area contributed by atoms with Gasteiger partial charge in [-0.2, -0.15) is 0 Å². The molecule has 2 fully saturated rings. The Morgan fingerprint density at radius 1 is 1.00 bits per heavy atom. The summed E-state index contributed by atoms with van der Waals surface area (Å²) in [5.74, 6) is 1.52. The van der Waals surface area contributed by atoms with E-state index in [1.54, 1.807) is 0 Å². The van der Waals surface area contributed by atoms with Crippen LogP contribution in [0.2, 0.25) is 0 Å². The van der Waals surface area contributed by atoms with Crippen LogP contribution < -0.4 is 0 Å². The molecule has 0 aliphatic heterocycles. The van der Waals surface area contributed by atoms with E-state index >= 15 is 0 Å². The van der Waals surface area contributed by atoms with Crippen LogP contribution in [0.25, 0.3) is 0 Å². The Balaban J connectivity index is 2.38. The largest absolute Gasteiger partial charge is 0.118 e. The van der Waals surface area contributed by atoms with Crippen LogP contribution in [-0.4, -0.2) is 4.87 Å². The Morgan fingerprint density at radius 3 is 2.00 bits per heavy atom. The zero-order valence-electron chi connectivity index (χ0n) is 9.45. The van der Waals surface area contributed by atoms with Crippen LogP contribution in [0.15, 0.2) is 0 Å². The van der Waals surface area contributed by atoms with Gasteiger partial charge in [0.05, 0.1) is 4.87 Å². The molecule has 13 heavy (non-hydrogen) atoms. The smallest absolute Gasteiger partial charge is 0.0587 e. The van der Waals surface area contributed by atoms with Crippen molar-refractivity contribution in [3.05, 3.63) is 0 Å². The molecule has 1 heteroatoms. The van der Waals surface area contributed by atoms with Gasteiger partial charge in [0.15, 0.2) is 0 Å². The molecule has 0 saturated heterocycles. The van der Waals surface area contributed by atoms with E-state index in [2.05, 4.69) is 34.6 Å². The van der Waals surface area contributed by atoms with E-state index in [0.29, 0.717) is 10.8 Å². The molecule has 3 atom stereocenters. The van der Waals surface area contributed by atoms with Gasteiger partial charge in [-0.25, -0.2) is 0 Å². The van der Waals surface area contributed by atoms with E-state index in [1.165, 1.54) is 12.8 Å². The second-order valence-electron chi connectivity index (χ2n) is 6.19. The second kappa shape index (κ2) is 2.27. The molecule has 0 amide bonds. The number of hydrogen-bond acceptors (Lipinski definition) is 0. The third kappa shape index (κ3) is 0.843. The molecule has 3 unspecified atom stereocenters. The number of hydrogen-bond donors (Lipinski definition) is 0. The minimum absolute atomic E-state index is 0.0810. The first kappa shape index (κ1) is 9.83. The summed E-state index contributed by atoms with van der Waals surface area (Å²) < 4.78 is 0. The zero-order chi connectivity index (χ0) is 10.1. The molecule has 2 aliphatic rings. The molecular weight excluding hydrogens is 180 g/mol. The third-order valence-electron chi connectivity index (χ3n) is 5.26. The summed E-state index contributed by atoms with van der Waals surface area (Å²) in [5, 5.41) is 0. The Kier molecular flexibility index (Phi) is 1.71. The monoisotopic (exact) mass is 200 g/mol. The highest BCUT2D eigenvalue weighted by Crippen LogP contribution is 2.78. The maximum atomic E-state index is 6.82. The third-order valence-corrected chi connectivity index (χ3v) is 6.50. The van der Waals surface area contributed by atoms with Gasteiger partial charge in [-0.1, -0.05) is 34.6 Å². The van der Waals surface area contributed by atoms with E-state index in [-0.39, 0.29) is 4.87 Å². The number of rotatable bonds is 0. The van der Waals surface area contributed by atoms with Crippen LogP contribution in [0.1, 0.15) is 47.5 Å². The maximum absolute atomic E-state index is 6.82. The van der Waals surface area contributed by atoms with Crippen molar-refractivity contribution in [2.75, 3.05) is 0 Å². The molecule has 0 aromatic heterocycles. The lowest BCUT2D eigenvalue weighted by Gasteiger charge is -2.42. The first-order chi connectivity index (χ1) is 5.76. The molecule has 2 aliphatic carbocycles. The highest BCUT2D eigenvalue weighted by molar-refractivity contribution is 6.28. The summed E-state index contributed by atoms with van der Waals surface area (Å²) in [7, 11) is 0. The molecule has 0 bridgehead atoms. The lowest BCUT2D eigenvalue weighted by molar-refractivity contribution is 0.145. The molecular formula is C12H21Cl. The predicted molar refractivity (Wildman–Crippen MR) is 58.0 cm³/mol. The number of alkyl halides is 1. The van der Waals surface area contributed by atoms with E-state index in [4.69, 9.17) is 11.6 Å². The summed E-state index contributed by atoms with van der Waals surface area (Å²) in [5.41, 5.74) is 0.670. The van der Waals surface area contributed by atoms with Gasteiger partial charge in [-0.15, -0.1) is 11.6 Å². The highest BCUT2D eigenvalue weighted by atomic mass is 35.5. The first-order valence-electron chi connectivity index (χ1n) is 5.45. The van der Waals surface area contributed by atoms with Gasteiger partial charge in [0, 0.05) is 0 Å². The normalized spacial score (nSPS) is 51.2. The highest BCUT2D eigenvalue weighted by Gasteiger charge is 2.77. The van der Waals surface area contributed by atoms with Crippen LogP contribution in [0.3, 0.4) is 0 Å². The van der Waals surface area contributed by atoms with Crippen LogP contribution >= 0.6 is 11.6 Å². The quantitative estimate of drug-likeness (QED) is 0.517. The lowest BCUT2D eigenvalue weighted by Crippen LogP contribution is -2.39. The predicted octanol–water partition coefficient (Wildman–Crippen LogP) is 4.08. The molecule has 0 spiro atoms. The number of halogens is 1. The zero-order valence-corrected chi connectivity index (χ0v) is 10.2. The van der Waals surface area contributed by atoms with Crippen molar-refractivity contribution in [1.29, 1.82) is 0 Å². The molecule has 0 nitrogen and oxygen atoms in total. The van der Waals surface area contributed by atoms with E-state index in [1.807, 2.05) is 0 Å². The minimum Gasteiger partial charge on any atom is -0.118 e. The van der Waals surface area contributed by atoms with Crippen LogP contribution in [-0.2, 0) is 0 Å². The SMILES string of the molecule is CC1CCC2C(C)(C)C2(Cl)C1(C)C. The Hall–Kier alpha value is 0.290. The van der Waals surface area contributed by atoms with Crippen molar-refractivity contribution in [2.45, 2.75) is 52.3 Å². The van der Waals surface area contributed by atoms with Crippen molar-refractivity contribution in [3.63, 3.8) is 0 Å². The average molecular weight is 201 g/mol. The van der Waals surface area contributed by atoms with Crippen molar-refractivity contribution in [2.24, 2.45) is 22.7 Å². The Bertz CT molecular complexity index is 242. The maximum Gasteiger partial charge on any atom is 0.0587 e. The Labute approximate surface area is 87.0 Å². The van der Waals surface area contributed by atoms with Gasteiger partial charge >= 0.3 is 0 Å². The fourth-order valence-corrected chi connectivity index (χ4v) is 4.43. The molecule has 0 heterocycles. The topological polar surface area (TPSA) is 0 Å². The fourth-order valence-electron chi connectivity index (χ4n) is 3.79. The molecule has 0 radical (unpaired) electrons. The molecule has 0 aromatic rings. The lowest BCUT2D eigenvalue weighted by atomic mass is 9.68. The summed E-state index contributed by atoms with van der Waals surface area (Å²) >= 11 is 6.82. The van der Waals surface area contributed by atoms with Crippen LogP contribution in [0, 0.1) is 22.7 Å². The summed E-state index contributed by atoms with van der Waals surface area (Å²) in [6.45, 7) is 11.7. The molecule has 76 valence electrons. The number of fused-ring (bicyclic) bond motifs is 1. The van der Waals surface area contributed by atoms with Crippen molar-refractivity contribution >= 4 is 11.6 Å². The molecule has 0 aromatic carbocycles. The minimum atomic E-state index is 0.0810. The van der Waals surface area contributed by atoms with Crippen molar-refractivity contribution in [3.8, 4) is 0 Å². The first-order valence-corrected chi connectivity index (χ1v) is 5.83. The van der Waals surface area contributed by atoms with Crippen molar-refractivity contribution < 1.29 is 0 Å². The summed E-state index contributed by atoms with van der Waals surface area (Å²) in [6.07, 6.45) is 2.69. The summed E-state index contributed by atoms with van der Waals surface area (Å²) in [4.78, 5) is 0.0810. The fraction of sp³-hybridized carbons (Fsp3) is 1.00. The standard InChI is InChI=1S/C12H21Cl/c1-8-6-7-9-11(4,5)12(9,13)10(8,2)3/h8-9H,6-7H2,1-5H3. The Morgan fingerprint density at radius 2 is 1.54 bits per heavy atom. The van der Waals surface area contributed by atoms with E-state index in [0.717, 1.165) is 11.8 Å².